The summed E-state index contributed by atoms with van der Waals surface area (Å²) in [5.41, 5.74) is 2.06. The largest absolute Gasteiger partial charge is 0.467 e. The average Bonchev–Trinajstić information content (AvgIpc) is 3.50. The van der Waals surface area contributed by atoms with Gasteiger partial charge in [0.1, 0.15) is 5.76 Å². The standard InChI is InChI=1S/C23H19ClN4O3S/c24-17-5-7-18(8-6-17)27-21(29)15-32-23-25-11-12-28(23)19-9-3-16(4-10-19)22(30)26-14-20-2-1-13-31-20/h1-13H,14-15H2,(H,26,30)(H,27,29). The summed E-state index contributed by atoms with van der Waals surface area (Å²) < 4.78 is 7.08. The number of anilines is 1. The van der Waals surface area contributed by atoms with Crippen LogP contribution in [0.3, 0.4) is 0 Å². The minimum absolute atomic E-state index is 0.143. The molecule has 32 heavy (non-hydrogen) atoms. The highest BCUT2D eigenvalue weighted by molar-refractivity contribution is 7.99. The first-order valence-corrected chi connectivity index (χ1v) is 11.1. The lowest BCUT2D eigenvalue weighted by molar-refractivity contribution is -0.113. The lowest BCUT2D eigenvalue weighted by atomic mass is 10.2. The molecule has 0 saturated carbocycles. The van der Waals surface area contributed by atoms with E-state index in [4.69, 9.17) is 16.0 Å². The van der Waals surface area contributed by atoms with Gasteiger partial charge in [-0.2, -0.15) is 0 Å². The zero-order chi connectivity index (χ0) is 22.3. The molecule has 9 heteroatoms. The highest BCUT2D eigenvalue weighted by Crippen LogP contribution is 2.21. The smallest absolute Gasteiger partial charge is 0.251 e. The predicted molar refractivity (Wildman–Crippen MR) is 124 cm³/mol. The number of benzene rings is 2. The molecule has 0 aliphatic rings. The normalized spacial score (nSPS) is 10.7. The molecule has 0 aliphatic heterocycles. The quantitative estimate of drug-likeness (QED) is 0.365. The summed E-state index contributed by atoms with van der Waals surface area (Å²) >= 11 is 7.18. The number of furan rings is 1. The van der Waals surface area contributed by atoms with E-state index in [1.54, 1.807) is 61.0 Å². The molecule has 2 heterocycles. The first-order valence-electron chi connectivity index (χ1n) is 9.71. The fourth-order valence-electron chi connectivity index (χ4n) is 2.91. The second-order valence-corrected chi connectivity index (χ2v) is 8.11. The van der Waals surface area contributed by atoms with Crippen molar-refractivity contribution in [3.05, 3.63) is 95.7 Å². The number of halogens is 1. The molecule has 0 saturated heterocycles. The Balaban J connectivity index is 1.34. The minimum Gasteiger partial charge on any atom is -0.467 e. The Morgan fingerprint density at radius 3 is 2.56 bits per heavy atom. The van der Waals surface area contributed by atoms with Crippen LogP contribution in [0.1, 0.15) is 16.1 Å². The number of imidazole rings is 1. The Morgan fingerprint density at radius 2 is 1.84 bits per heavy atom. The molecule has 2 N–H and O–H groups in total. The molecule has 2 aromatic carbocycles. The molecule has 2 amide bonds. The lowest BCUT2D eigenvalue weighted by Crippen LogP contribution is -2.22. The number of amides is 2. The molecule has 0 unspecified atom stereocenters. The lowest BCUT2D eigenvalue weighted by Gasteiger charge is -2.09. The zero-order valence-corrected chi connectivity index (χ0v) is 18.4. The van der Waals surface area contributed by atoms with Crippen LogP contribution in [-0.2, 0) is 11.3 Å². The maximum absolute atomic E-state index is 12.3. The van der Waals surface area contributed by atoms with Gasteiger partial charge in [0, 0.05) is 34.4 Å². The van der Waals surface area contributed by atoms with E-state index in [0.717, 1.165) is 5.69 Å². The zero-order valence-electron chi connectivity index (χ0n) is 16.8. The molecule has 0 atom stereocenters. The number of hydrogen-bond acceptors (Lipinski definition) is 5. The van der Waals surface area contributed by atoms with Crippen LogP contribution in [0.15, 0.2) is 88.9 Å². The van der Waals surface area contributed by atoms with Crippen molar-refractivity contribution in [3.63, 3.8) is 0 Å². The Labute approximate surface area is 193 Å². The fraction of sp³-hybridized carbons (Fsp3) is 0.0870. The third kappa shape index (κ3) is 5.60. The number of carbonyl (C=O) groups excluding carboxylic acids is 2. The minimum atomic E-state index is -0.188. The summed E-state index contributed by atoms with van der Waals surface area (Å²) in [5.74, 6) is 0.560. The van der Waals surface area contributed by atoms with Gasteiger partial charge in [-0.25, -0.2) is 4.98 Å². The molecule has 4 rings (SSSR count). The monoisotopic (exact) mass is 466 g/mol. The molecule has 0 fully saturated rings. The molecule has 0 radical (unpaired) electrons. The molecule has 0 spiro atoms. The highest BCUT2D eigenvalue weighted by atomic mass is 35.5. The van der Waals surface area contributed by atoms with E-state index >= 15 is 0 Å². The van der Waals surface area contributed by atoms with Crippen LogP contribution in [-0.4, -0.2) is 27.1 Å². The first kappa shape index (κ1) is 21.7. The molecular weight excluding hydrogens is 448 g/mol. The van der Waals surface area contributed by atoms with Crippen molar-refractivity contribution in [3.8, 4) is 5.69 Å². The van der Waals surface area contributed by atoms with Crippen LogP contribution < -0.4 is 10.6 Å². The molecule has 4 aromatic rings. The maximum Gasteiger partial charge on any atom is 0.251 e. The summed E-state index contributed by atoms with van der Waals surface area (Å²) in [6.07, 6.45) is 5.05. The van der Waals surface area contributed by atoms with Gasteiger partial charge in [0.05, 0.1) is 18.6 Å². The van der Waals surface area contributed by atoms with Crippen molar-refractivity contribution in [1.82, 2.24) is 14.9 Å². The Bertz CT molecular complexity index is 1190. The van der Waals surface area contributed by atoms with E-state index < -0.39 is 0 Å². The van der Waals surface area contributed by atoms with Crippen molar-refractivity contribution in [1.29, 1.82) is 0 Å². The number of aromatic nitrogens is 2. The second kappa shape index (κ2) is 10.2. The summed E-state index contributed by atoms with van der Waals surface area (Å²) in [7, 11) is 0. The Hall–Kier alpha value is -3.49. The van der Waals surface area contributed by atoms with Gasteiger partial charge in [0.25, 0.3) is 5.91 Å². The van der Waals surface area contributed by atoms with Crippen molar-refractivity contribution >= 4 is 40.9 Å². The molecule has 0 bridgehead atoms. The fourth-order valence-corrected chi connectivity index (χ4v) is 3.81. The van der Waals surface area contributed by atoms with Gasteiger partial charge in [0.15, 0.2) is 5.16 Å². The van der Waals surface area contributed by atoms with E-state index in [1.165, 1.54) is 11.8 Å². The van der Waals surface area contributed by atoms with E-state index in [9.17, 15) is 9.59 Å². The van der Waals surface area contributed by atoms with Crippen LogP contribution >= 0.6 is 23.4 Å². The van der Waals surface area contributed by atoms with E-state index in [-0.39, 0.29) is 17.6 Å². The summed E-state index contributed by atoms with van der Waals surface area (Å²) in [6, 6.07) is 17.7. The number of nitrogens with one attached hydrogen (secondary N) is 2. The molecule has 162 valence electrons. The SMILES string of the molecule is O=C(CSc1nccn1-c1ccc(C(=O)NCc2ccco2)cc1)Nc1ccc(Cl)cc1. The van der Waals surface area contributed by atoms with Gasteiger partial charge >= 0.3 is 0 Å². The van der Waals surface area contributed by atoms with Crippen LogP contribution in [0.5, 0.6) is 0 Å². The number of hydrogen-bond donors (Lipinski definition) is 2. The van der Waals surface area contributed by atoms with Crippen LogP contribution in [0.4, 0.5) is 5.69 Å². The van der Waals surface area contributed by atoms with Crippen molar-refractivity contribution < 1.29 is 14.0 Å². The third-order valence-corrected chi connectivity index (χ3v) is 5.70. The Morgan fingerprint density at radius 1 is 1.06 bits per heavy atom. The third-order valence-electron chi connectivity index (χ3n) is 4.48. The van der Waals surface area contributed by atoms with Gasteiger partial charge in [-0.05, 0) is 60.7 Å². The molecule has 7 nitrogen and oxygen atoms in total. The number of rotatable bonds is 8. The van der Waals surface area contributed by atoms with Crippen molar-refractivity contribution in [2.75, 3.05) is 11.1 Å². The van der Waals surface area contributed by atoms with Crippen molar-refractivity contribution in [2.45, 2.75) is 11.7 Å². The number of carbonyl (C=O) groups is 2. The summed E-state index contributed by atoms with van der Waals surface area (Å²) in [5, 5.41) is 6.93. The summed E-state index contributed by atoms with van der Waals surface area (Å²) in [6.45, 7) is 0.327. The second-order valence-electron chi connectivity index (χ2n) is 6.73. The highest BCUT2D eigenvalue weighted by Gasteiger charge is 2.11. The predicted octanol–water partition coefficient (Wildman–Crippen LogP) is 4.78. The van der Waals surface area contributed by atoms with Crippen LogP contribution in [0.2, 0.25) is 5.02 Å². The maximum atomic E-state index is 12.3. The van der Waals surface area contributed by atoms with Crippen molar-refractivity contribution in [2.24, 2.45) is 0 Å². The van der Waals surface area contributed by atoms with Gasteiger partial charge < -0.3 is 15.1 Å². The average molecular weight is 467 g/mol. The van der Waals surface area contributed by atoms with E-state index in [0.29, 0.717) is 33.7 Å². The van der Waals surface area contributed by atoms with E-state index in [1.807, 2.05) is 22.9 Å². The summed E-state index contributed by atoms with van der Waals surface area (Å²) in [4.78, 5) is 28.9. The van der Waals surface area contributed by atoms with E-state index in [2.05, 4.69) is 15.6 Å². The number of nitrogens with zero attached hydrogens (tertiary/aromatic N) is 2. The van der Waals surface area contributed by atoms with Crippen LogP contribution in [0.25, 0.3) is 5.69 Å². The van der Waals surface area contributed by atoms with Gasteiger partial charge in [0.2, 0.25) is 5.91 Å². The topological polar surface area (TPSA) is 89.2 Å². The van der Waals surface area contributed by atoms with Gasteiger partial charge in [-0.3, -0.25) is 14.2 Å². The van der Waals surface area contributed by atoms with Gasteiger partial charge in [-0.15, -0.1) is 0 Å². The first-order chi connectivity index (χ1) is 15.6. The molecule has 2 aromatic heterocycles. The Kier molecular flexibility index (Phi) is 6.94. The molecular formula is C23H19ClN4O3S. The van der Waals surface area contributed by atoms with Gasteiger partial charge in [-0.1, -0.05) is 23.4 Å². The number of thioether (sulfide) groups is 1. The van der Waals surface area contributed by atoms with Crippen LogP contribution in [0, 0.1) is 0 Å². The molecule has 0 aliphatic carbocycles.